The van der Waals surface area contributed by atoms with Gasteiger partial charge >= 0.3 is 0 Å². The Balaban J connectivity index is 2.38. The van der Waals surface area contributed by atoms with Gasteiger partial charge in [0, 0.05) is 16.5 Å². The van der Waals surface area contributed by atoms with E-state index >= 15 is 0 Å². The molecule has 0 aromatic heterocycles. The lowest BCUT2D eigenvalue weighted by Gasteiger charge is -2.19. The van der Waals surface area contributed by atoms with Crippen LogP contribution < -0.4 is 0 Å². The van der Waals surface area contributed by atoms with Gasteiger partial charge in [-0.3, -0.25) is 4.79 Å². The van der Waals surface area contributed by atoms with Gasteiger partial charge in [0.15, 0.2) is 5.78 Å². The van der Waals surface area contributed by atoms with E-state index in [1.54, 1.807) is 30.3 Å². The molecule has 1 aliphatic rings. The first kappa shape index (κ1) is 12.6. The Morgan fingerprint density at radius 1 is 0.947 bits per heavy atom. The van der Waals surface area contributed by atoms with Crippen molar-refractivity contribution in [2.45, 2.75) is 15.1 Å². The number of fused-ring (bicyclic) bond motifs is 2. The Morgan fingerprint density at radius 2 is 1.63 bits per heavy atom. The van der Waals surface area contributed by atoms with Crippen LogP contribution in [-0.4, -0.2) is 14.2 Å². The van der Waals surface area contributed by atoms with Crippen LogP contribution in [0.5, 0.6) is 0 Å². The lowest BCUT2D eigenvalue weighted by Crippen LogP contribution is -2.20. The van der Waals surface area contributed by atoms with Gasteiger partial charge in [0.05, 0.1) is 9.79 Å². The van der Waals surface area contributed by atoms with Crippen LogP contribution in [0.3, 0.4) is 0 Å². The summed E-state index contributed by atoms with van der Waals surface area (Å²) >= 11 is 3.30. The van der Waals surface area contributed by atoms with E-state index in [2.05, 4.69) is 15.9 Å². The van der Waals surface area contributed by atoms with Crippen LogP contribution in [0.4, 0.5) is 0 Å². The lowest BCUT2D eigenvalue weighted by atomic mass is 10.0. The van der Waals surface area contributed by atoms with Crippen molar-refractivity contribution in [1.82, 2.24) is 0 Å². The second kappa shape index (κ2) is 4.28. The monoisotopic (exact) mass is 336 g/mol. The first-order valence-electron chi connectivity index (χ1n) is 5.63. The molecule has 0 unspecified atom stereocenters. The molecule has 0 atom stereocenters. The van der Waals surface area contributed by atoms with Gasteiger partial charge in [0.2, 0.25) is 9.84 Å². The predicted molar refractivity (Wildman–Crippen MR) is 74.4 cm³/mol. The fourth-order valence-electron chi connectivity index (χ4n) is 2.22. The third-order valence-corrected chi connectivity index (χ3v) is 5.67. The topological polar surface area (TPSA) is 51.2 Å². The van der Waals surface area contributed by atoms with Crippen molar-refractivity contribution in [1.29, 1.82) is 0 Å². The Kier molecular flexibility index (Phi) is 2.83. The van der Waals surface area contributed by atoms with Gasteiger partial charge < -0.3 is 0 Å². The minimum absolute atomic E-state index is 0.0964. The minimum Gasteiger partial charge on any atom is -0.289 e. The molecule has 0 aliphatic carbocycles. The van der Waals surface area contributed by atoms with Crippen molar-refractivity contribution in [2.75, 3.05) is 0 Å². The number of benzene rings is 2. The number of sulfone groups is 1. The van der Waals surface area contributed by atoms with Crippen LogP contribution >= 0.6 is 15.9 Å². The zero-order valence-electron chi connectivity index (χ0n) is 9.76. The molecule has 0 amide bonds. The summed E-state index contributed by atoms with van der Waals surface area (Å²) in [6.07, 6.45) is 0. The molecule has 0 radical (unpaired) electrons. The summed E-state index contributed by atoms with van der Waals surface area (Å²) in [5.74, 6) is -0.233. The Hall–Kier alpha value is -1.46. The number of carbonyl (C=O) groups excluding carboxylic acids is 1. The highest BCUT2D eigenvalue weighted by atomic mass is 79.9. The molecule has 2 aromatic rings. The zero-order valence-corrected chi connectivity index (χ0v) is 12.2. The highest BCUT2D eigenvalue weighted by Gasteiger charge is 2.34. The van der Waals surface area contributed by atoms with Crippen LogP contribution in [-0.2, 0) is 15.2 Å². The third kappa shape index (κ3) is 1.76. The standard InChI is InChI=1S/C14H9BrO3S/c15-8-9-5-6-13-11(7-9)14(16)10-3-1-2-4-12(10)19(13,17)18/h1-7H,8H2. The van der Waals surface area contributed by atoms with Crippen LogP contribution in [0, 0.1) is 0 Å². The molecule has 0 saturated carbocycles. The molecule has 0 spiro atoms. The number of hydrogen-bond donors (Lipinski definition) is 0. The molecule has 3 nitrogen and oxygen atoms in total. The molecule has 0 saturated heterocycles. The van der Waals surface area contributed by atoms with E-state index in [4.69, 9.17) is 0 Å². The molecule has 0 N–H and O–H groups in total. The molecule has 19 heavy (non-hydrogen) atoms. The van der Waals surface area contributed by atoms with Crippen molar-refractivity contribution < 1.29 is 13.2 Å². The first-order chi connectivity index (χ1) is 9.05. The van der Waals surface area contributed by atoms with Crippen LogP contribution in [0.1, 0.15) is 21.5 Å². The van der Waals surface area contributed by atoms with Crippen molar-refractivity contribution in [3.8, 4) is 0 Å². The van der Waals surface area contributed by atoms with Gasteiger partial charge in [-0.1, -0.05) is 34.1 Å². The number of halogens is 1. The summed E-state index contributed by atoms with van der Waals surface area (Å²) in [6, 6.07) is 11.2. The number of carbonyl (C=O) groups is 1. The maximum Gasteiger partial charge on any atom is 0.208 e. The van der Waals surface area contributed by atoms with Crippen molar-refractivity contribution >= 4 is 31.6 Å². The summed E-state index contributed by atoms with van der Waals surface area (Å²) in [6.45, 7) is 0. The quantitative estimate of drug-likeness (QED) is 0.642. The van der Waals surface area contributed by atoms with Gasteiger partial charge in [0.1, 0.15) is 0 Å². The van der Waals surface area contributed by atoms with E-state index < -0.39 is 9.84 Å². The predicted octanol–water partition coefficient (Wildman–Crippen LogP) is 2.96. The Labute approximate surface area is 119 Å². The number of hydrogen-bond acceptors (Lipinski definition) is 3. The van der Waals surface area contributed by atoms with Crippen molar-refractivity contribution in [2.24, 2.45) is 0 Å². The molecule has 5 heteroatoms. The average Bonchev–Trinajstić information content (AvgIpc) is 2.44. The largest absolute Gasteiger partial charge is 0.289 e. The summed E-state index contributed by atoms with van der Waals surface area (Å²) < 4.78 is 25.0. The molecule has 96 valence electrons. The van der Waals surface area contributed by atoms with E-state index in [0.717, 1.165) is 5.56 Å². The second-order valence-corrected chi connectivity index (χ2v) is 6.74. The fourth-order valence-corrected chi connectivity index (χ4v) is 4.21. The average molecular weight is 337 g/mol. The molecular formula is C14H9BrO3S. The highest BCUT2D eigenvalue weighted by molar-refractivity contribution is 9.08. The molecule has 2 aromatic carbocycles. The summed E-state index contributed by atoms with van der Waals surface area (Å²) in [4.78, 5) is 12.6. The zero-order chi connectivity index (χ0) is 13.6. The summed E-state index contributed by atoms with van der Waals surface area (Å²) in [5, 5.41) is 0.579. The molecule has 0 bridgehead atoms. The van der Waals surface area contributed by atoms with E-state index in [9.17, 15) is 13.2 Å². The Morgan fingerprint density at radius 3 is 2.37 bits per heavy atom. The second-order valence-electron chi connectivity index (χ2n) is 4.29. The van der Waals surface area contributed by atoms with Gasteiger partial charge in [0.25, 0.3) is 0 Å². The number of alkyl halides is 1. The SMILES string of the molecule is O=C1c2ccccc2S(=O)(=O)c2ccc(CBr)cc21. The first-order valence-corrected chi connectivity index (χ1v) is 8.24. The van der Waals surface area contributed by atoms with Crippen molar-refractivity contribution in [3.63, 3.8) is 0 Å². The third-order valence-electron chi connectivity index (χ3n) is 3.15. The molecule has 1 aliphatic heterocycles. The van der Waals surface area contributed by atoms with E-state index in [1.165, 1.54) is 12.1 Å². The van der Waals surface area contributed by atoms with Crippen LogP contribution in [0.2, 0.25) is 0 Å². The molecule has 3 rings (SSSR count). The number of rotatable bonds is 1. The summed E-state index contributed by atoms with van der Waals surface area (Å²) in [5.41, 5.74) is 1.39. The van der Waals surface area contributed by atoms with E-state index in [-0.39, 0.29) is 26.7 Å². The number of ketones is 1. The maximum atomic E-state index is 12.5. The van der Waals surface area contributed by atoms with Crippen LogP contribution in [0.25, 0.3) is 0 Å². The van der Waals surface area contributed by atoms with Gasteiger partial charge in [-0.05, 0) is 29.8 Å². The highest BCUT2D eigenvalue weighted by Crippen LogP contribution is 2.34. The summed E-state index contributed by atoms with van der Waals surface area (Å²) in [7, 11) is -3.60. The van der Waals surface area contributed by atoms with Gasteiger partial charge in [-0.15, -0.1) is 0 Å². The van der Waals surface area contributed by atoms with Gasteiger partial charge in [-0.2, -0.15) is 0 Å². The maximum absolute atomic E-state index is 12.5. The molecule has 0 fully saturated rings. The Bertz CT molecular complexity index is 794. The van der Waals surface area contributed by atoms with E-state index in [1.807, 2.05) is 0 Å². The van der Waals surface area contributed by atoms with E-state index in [0.29, 0.717) is 5.33 Å². The lowest BCUT2D eigenvalue weighted by molar-refractivity contribution is 0.103. The fraction of sp³-hybridized carbons (Fsp3) is 0.0714. The van der Waals surface area contributed by atoms with Crippen molar-refractivity contribution in [3.05, 3.63) is 59.2 Å². The molecule has 1 heterocycles. The smallest absolute Gasteiger partial charge is 0.208 e. The van der Waals surface area contributed by atoms with Crippen LogP contribution in [0.15, 0.2) is 52.3 Å². The normalized spacial score (nSPS) is 15.7. The van der Waals surface area contributed by atoms with Gasteiger partial charge in [-0.25, -0.2) is 8.42 Å². The minimum atomic E-state index is -3.60. The molecular weight excluding hydrogens is 328 g/mol.